The molecule has 0 atom stereocenters. The zero-order valence-electron chi connectivity index (χ0n) is 15.5. The summed E-state index contributed by atoms with van der Waals surface area (Å²) in [5.41, 5.74) is 0.450. The Kier molecular flexibility index (Phi) is 6.05. The fraction of sp³-hybridized carbons (Fsp3) is 0.611. The highest BCUT2D eigenvalue weighted by Crippen LogP contribution is 2.27. The van der Waals surface area contributed by atoms with Gasteiger partial charge in [-0.2, -0.15) is 0 Å². The largest absolute Gasteiger partial charge is 0.459 e. The Morgan fingerprint density at radius 3 is 2.77 bits per heavy atom. The second-order valence-corrected chi connectivity index (χ2v) is 7.99. The molecule has 142 valence electrons. The lowest BCUT2D eigenvalue weighted by Crippen LogP contribution is -3.11. The summed E-state index contributed by atoms with van der Waals surface area (Å²) in [5.74, 6) is 1.03. The zero-order valence-corrected chi connectivity index (χ0v) is 16.3. The molecule has 0 aromatic carbocycles. The SMILES string of the molecule is COCCOC(=O)c1sc2nc(C[NH+]3CCC(C)CC3)[nH]c(=O)c2c1C. The molecular weight excluding hydrogens is 354 g/mol. The summed E-state index contributed by atoms with van der Waals surface area (Å²) in [5, 5.41) is 0.486. The number of rotatable bonds is 6. The lowest BCUT2D eigenvalue weighted by Gasteiger charge is -2.26. The van der Waals surface area contributed by atoms with Crippen LogP contribution in [0.3, 0.4) is 0 Å². The monoisotopic (exact) mass is 380 g/mol. The van der Waals surface area contributed by atoms with E-state index in [1.165, 1.54) is 29.1 Å². The van der Waals surface area contributed by atoms with Gasteiger partial charge in [-0.3, -0.25) is 4.79 Å². The van der Waals surface area contributed by atoms with E-state index in [9.17, 15) is 9.59 Å². The average Bonchev–Trinajstić information content (AvgIpc) is 2.94. The van der Waals surface area contributed by atoms with Gasteiger partial charge in [-0.1, -0.05) is 6.92 Å². The second kappa shape index (κ2) is 8.28. The first-order valence-corrected chi connectivity index (χ1v) is 9.83. The molecule has 0 aliphatic carbocycles. The minimum Gasteiger partial charge on any atom is -0.459 e. The number of hydrogen-bond acceptors (Lipinski definition) is 6. The molecule has 0 amide bonds. The number of aromatic amines is 1. The maximum Gasteiger partial charge on any atom is 0.348 e. The molecule has 0 spiro atoms. The summed E-state index contributed by atoms with van der Waals surface area (Å²) in [6, 6.07) is 0. The van der Waals surface area contributed by atoms with E-state index in [0.717, 1.165) is 19.0 Å². The first-order chi connectivity index (χ1) is 12.5. The van der Waals surface area contributed by atoms with Crippen LogP contribution in [0.2, 0.25) is 0 Å². The van der Waals surface area contributed by atoms with Crippen molar-refractivity contribution in [1.82, 2.24) is 9.97 Å². The van der Waals surface area contributed by atoms with Gasteiger partial charge in [0.1, 0.15) is 22.9 Å². The highest BCUT2D eigenvalue weighted by Gasteiger charge is 2.23. The average molecular weight is 380 g/mol. The molecule has 1 fully saturated rings. The summed E-state index contributed by atoms with van der Waals surface area (Å²) >= 11 is 1.23. The molecule has 7 nitrogen and oxygen atoms in total. The van der Waals surface area contributed by atoms with Gasteiger partial charge in [0.2, 0.25) is 0 Å². The predicted molar refractivity (Wildman–Crippen MR) is 99.9 cm³/mol. The number of H-pyrrole nitrogens is 1. The van der Waals surface area contributed by atoms with Gasteiger partial charge in [-0.25, -0.2) is 9.78 Å². The number of nitrogens with one attached hydrogen (secondary N) is 2. The topological polar surface area (TPSA) is 85.7 Å². The van der Waals surface area contributed by atoms with Gasteiger partial charge in [0.25, 0.3) is 5.56 Å². The predicted octanol–water partition coefficient (Wildman–Crippen LogP) is 0.911. The first kappa shape index (κ1) is 19.0. The molecule has 0 unspecified atom stereocenters. The molecule has 0 saturated carbocycles. The summed E-state index contributed by atoms with van der Waals surface area (Å²) < 4.78 is 10.1. The normalized spacial score (nSPS) is 20.4. The van der Waals surface area contributed by atoms with E-state index in [1.807, 2.05) is 0 Å². The van der Waals surface area contributed by atoms with Crippen LogP contribution in [0.4, 0.5) is 0 Å². The minimum atomic E-state index is -0.431. The van der Waals surface area contributed by atoms with E-state index in [4.69, 9.17) is 9.47 Å². The number of ether oxygens (including phenoxy) is 2. The number of hydrogen-bond donors (Lipinski definition) is 2. The highest BCUT2D eigenvalue weighted by molar-refractivity contribution is 7.20. The molecule has 2 aromatic rings. The molecule has 1 aliphatic heterocycles. The number of aromatic nitrogens is 2. The number of methoxy groups -OCH3 is 1. The van der Waals surface area contributed by atoms with Gasteiger partial charge in [0.05, 0.1) is 25.1 Å². The Hall–Kier alpha value is -1.77. The molecule has 8 heteroatoms. The third-order valence-electron chi connectivity index (χ3n) is 4.95. The number of nitrogens with zero attached hydrogens (tertiary/aromatic N) is 1. The Morgan fingerprint density at radius 2 is 2.08 bits per heavy atom. The molecule has 2 N–H and O–H groups in total. The maximum absolute atomic E-state index is 12.5. The number of aryl methyl sites for hydroxylation is 1. The van der Waals surface area contributed by atoms with Crippen LogP contribution in [0.25, 0.3) is 10.2 Å². The molecule has 3 rings (SSSR count). The number of thiophene rings is 1. The van der Waals surface area contributed by atoms with Crippen molar-refractivity contribution < 1.29 is 19.2 Å². The third-order valence-corrected chi connectivity index (χ3v) is 6.12. The van der Waals surface area contributed by atoms with Gasteiger partial charge < -0.3 is 19.4 Å². The lowest BCUT2D eigenvalue weighted by molar-refractivity contribution is -0.920. The Balaban J connectivity index is 1.81. The maximum atomic E-state index is 12.5. The summed E-state index contributed by atoms with van der Waals surface area (Å²) in [7, 11) is 1.55. The first-order valence-electron chi connectivity index (χ1n) is 9.01. The van der Waals surface area contributed by atoms with Crippen LogP contribution < -0.4 is 10.5 Å². The molecule has 1 aliphatic rings. The van der Waals surface area contributed by atoms with Crippen LogP contribution in [0, 0.1) is 12.8 Å². The summed E-state index contributed by atoms with van der Waals surface area (Å²) in [6.45, 7) is 7.49. The standard InChI is InChI=1S/C18H25N3O4S/c1-11-4-6-21(7-5-11)10-13-19-16(22)14-12(2)15(26-17(14)20-13)18(23)25-9-8-24-3/h11H,4-10H2,1-3H3,(H,19,20,22)/p+1. The number of carbonyl (C=O) groups is 1. The van der Waals surface area contributed by atoms with Crippen LogP contribution in [0.15, 0.2) is 4.79 Å². The van der Waals surface area contributed by atoms with Gasteiger partial charge >= 0.3 is 5.97 Å². The van der Waals surface area contributed by atoms with Gasteiger partial charge in [0.15, 0.2) is 5.82 Å². The van der Waals surface area contributed by atoms with Crippen LogP contribution in [0.1, 0.15) is 40.8 Å². The van der Waals surface area contributed by atoms with Gasteiger partial charge in [-0.05, 0) is 31.2 Å². The van der Waals surface area contributed by atoms with Crippen LogP contribution >= 0.6 is 11.3 Å². The van der Waals surface area contributed by atoms with E-state index in [0.29, 0.717) is 39.6 Å². The quantitative estimate of drug-likeness (QED) is 0.575. The number of likely N-dealkylation sites (tertiary alicyclic amines) is 1. The molecule has 3 heterocycles. The van der Waals surface area contributed by atoms with Crippen molar-refractivity contribution in [3.63, 3.8) is 0 Å². The smallest absolute Gasteiger partial charge is 0.348 e. The van der Waals surface area contributed by atoms with Crippen molar-refractivity contribution in [2.75, 3.05) is 33.4 Å². The summed E-state index contributed by atoms with van der Waals surface area (Å²) in [6.07, 6.45) is 2.41. The van der Waals surface area contributed by atoms with Crippen LogP contribution in [-0.4, -0.2) is 49.4 Å². The Labute approximate surface area is 156 Å². The van der Waals surface area contributed by atoms with E-state index in [2.05, 4.69) is 16.9 Å². The highest BCUT2D eigenvalue weighted by atomic mass is 32.1. The van der Waals surface area contributed by atoms with Crippen molar-refractivity contribution in [2.45, 2.75) is 33.2 Å². The lowest BCUT2D eigenvalue weighted by atomic mass is 9.99. The fourth-order valence-electron chi connectivity index (χ4n) is 3.33. The van der Waals surface area contributed by atoms with Crippen molar-refractivity contribution in [2.24, 2.45) is 5.92 Å². The van der Waals surface area contributed by atoms with Crippen molar-refractivity contribution in [1.29, 1.82) is 0 Å². The number of carbonyl (C=O) groups excluding carboxylic acids is 1. The van der Waals surface area contributed by atoms with Gasteiger partial charge in [0, 0.05) is 7.11 Å². The van der Waals surface area contributed by atoms with E-state index in [1.54, 1.807) is 14.0 Å². The molecular formula is C18H26N3O4S+. The molecule has 2 aromatic heterocycles. The second-order valence-electron chi connectivity index (χ2n) is 6.99. The van der Waals surface area contributed by atoms with Crippen LogP contribution in [-0.2, 0) is 16.0 Å². The number of quaternary nitrogens is 1. The Bertz CT molecular complexity index is 837. The van der Waals surface area contributed by atoms with Gasteiger partial charge in [-0.15, -0.1) is 11.3 Å². The van der Waals surface area contributed by atoms with Crippen molar-refractivity contribution >= 4 is 27.5 Å². The fourth-order valence-corrected chi connectivity index (χ4v) is 4.43. The molecule has 26 heavy (non-hydrogen) atoms. The van der Waals surface area contributed by atoms with E-state index in [-0.39, 0.29) is 12.2 Å². The van der Waals surface area contributed by atoms with Crippen LogP contribution in [0.5, 0.6) is 0 Å². The molecule has 1 saturated heterocycles. The number of piperidine rings is 1. The Morgan fingerprint density at radius 1 is 1.35 bits per heavy atom. The number of esters is 1. The third kappa shape index (κ3) is 4.13. The molecule has 0 bridgehead atoms. The minimum absolute atomic E-state index is 0.181. The van der Waals surface area contributed by atoms with E-state index < -0.39 is 5.97 Å². The zero-order chi connectivity index (χ0) is 18.7. The van der Waals surface area contributed by atoms with Crippen molar-refractivity contribution in [3.05, 3.63) is 26.6 Å². The van der Waals surface area contributed by atoms with Crippen molar-refractivity contribution in [3.8, 4) is 0 Å². The number of fused-ring (bicyclic) bond motifs is 1. The summed E-state index contributed by atoms with van der Waals surface area (Å²) in [4.78, 5) is 34.8. The molecule has 0 radical (unpaired) electrons. The van der Waals surface area contributed by atoms with E-state index >= 15 is 0 Å².